The lowest BCUT2D eigenvalue weighted by Gasteiger charge is -2.30. The number of aromatic nitrogens is 2. The molecule has 0 saturated heterocycles. The molecule has 0 aliphatic heterocycles. The van der Waals surface area contributed by atoms with E-state index in [0.29, 0.717) is 24.5 Å². The Labute approximate surface area is 176 Å². The molecule has 1 aromatic carbocycles. The van der Waals surface area contributed by atoms with Crippen LogP contribution < -0.4 is 22.1 Å². The molecule has 9 nitrogen and oxygen atoms in total. The van der Waals surface area contributed by atoms with Gasteiger partial charge in [0.1, 0.15) is 5.82 Å². The molecule has 0 unspecified atom stereocenters. The van der Waals surface area contributed by atoms with Gasteiger partial charge in [0.15, 0.2) is 5.96 Å². The average molecular weight is 414 g/mol. The Morgan fingerprint density at radius 2 is 2.07 bits per heavy atom. The molecule has 1 aliphatic carbocycles. The van der Waals surface area contributed by atoms with Gasteiger partial charge in [-0.2, -0.15) is 0 Å². The standard InChI is InChI=1S/C21H31N7O2/c1-13-8-9-15-14(12-13)18(26-16-6-3-4-7-17(16)27-21(22)23)28-19(25-15)20(29)24-10-5-11-30-2/h8-9,12,16-17H,3-7,10-11H2,1-2H3,(H,24,29)(H4,22,23,27)(H,25,26,28)/t16-,17+/m0/s1. The fraction of sp³-hybridized carbons (Fsp3) is 0.524. The number of fused-ring (bicyclic) bond motifs is 1. The summed E-state index contributed by atoms with van der Waals surface area (Å²) in [6, 6.07) is 5.92. The zero-order valence-electron chi connectivity index (χ0n) is 17.6. The van der Waals surface area contributed by atoms with Gasteiger partial charge in [0.25, 0.3) is 5.91 Å². The van der Waals surface area contributed by atoms with Crippen LogP contribution in [0.4, 0.5) is 5.82 Å². The predicted octanol–water partition coefficient (Wildman–Crippen LogP) is 1.70. The van der Waals surface area contributed by atoms with Crippen LogP contribution in [0.2, 0.25) is 0 Å². The molecule has 6 N–H and O–H groups in total. The number of aliphatic imine (C=N–C) groups is 1. The van der Waals surface area contributed by atoms with Crippen LogP contribution >= 0.6 is 0 Å². The predicted molar refractivity (Wildman–Crippen MR) is 119 cm³/mol. The number of guanidine groups is 1. The van der Waals surface area contributed by atoms with Crippen molar-refractivity contribution in [2.24, 2.45) is 16.5 Å². The third-order valence-corrected chi connectivity index (χ3v) is 5.23. The summed E-state index contributed by atoms with van der Waals surface area (Å²) in [5, 5.41) is 7.23. The number of ether oxygens (including phenoxy) is 1. The topological polar surface area (TPSA) is 141 Å². The van der Waals surface area contributed by atoms with Crippen LogP contribution in [0.3, 0.4) is 0 Å². The van der Waals surface area contributed by atoms with Gasteiger partial charge in [0.2, 0.25) is 5.82 Å². The van der Waals surface area contributed by atoms with Crippen LogP contribution in [0.1, 0.15) is 48.3 Å². The number of amides is 1. The number of nitrogens with zero attached hydrogens (tertiary/aromatic N) is 3. The lowest BCUT2D eigenvalue weighted by atomic mass is 9.90. The van der Waals surface area contributed by atoms with Gasteiger partial charge in [-0.3, -0.25) is 4.79 Å². The van der Waals surface area contributed by atoms with Gasteiger partial charge in [-0.05, 0) is 38.3 Å². The molecule has 1 amide bonds. The van der Waals surface area contributed by atoms with E-state index in [9.17, 15) is 4.79 Å². The average Bonchev–Trinajstić information content (AvgIpc) is 2.72. The van der Waals surface area contributed by atoms with Crippen molar-refractivity contribution in [2.45, 2.75) is 51.1 Å². The highest BCUT2D eigenvalue weighted by molar-refractivity contribution is 5.96. The maximum atomic E-state index is 12.6. The molecule has 30 heavy (non-hydrogen) atoms. The van der Waals surface area contributed by atoms with Crippen molar-refractivity contribution in [3.63, 3.8) is 0 Å². The van der Waals surface area contributed by atoms with Crippen LogP contribution in [-0.4, -0.2) is 54.2 Å². The number of carbonyl (C=O) groups excluding carboxylic acids is 1. The Hall–Kier alpha value is -2.94. The normalized spacial score (nSPS) is 18.7. The Morgan fingerprint density at radius 1 is 1.27 bits per heavy atom. The number of rotatable bonds is 8. The summed E-state index contributed by atoms with van der Waals surface area (Å²) >= 11 is 0. The van der Waals surface area contributed by atoms with E-state index in [-0.39, 0.29) is 29.8 Å². The summed E-state index contributed by atoms with van der Waals surface area (Å²) in [7, 11) is 1.63. The Kier molecular flexibility index (Phi) is 7.40. The third kappa shape index (κ3) is 5.56. The summed E-state index contributed by atoms with van der Waals surface area (Å²) in [4.78, 5) is 26.1. The first-order chi connectivity index (χ1) is 14.5. The molecule has 2 aromatic rings. The van der Waals surface area contributed by atoms with Crippen molar-refractivity contribution in [3.8, 4) is 0 Å². The maximum absolute atomic E-state index is 12.6. The minimum atomic E-state index is -0.305. The molecule has 9 heteroatoms. The summed E-state index contributed by atoms with van der Waals surface area (Å²) in [5.74, 6) is 0.558. The molecular weight excluding hydrogens is 382 g/mol. The van der Waals surface area contributed by atoms with Gasteiger partial charge in [0, 0.05) is 25.6 Å². The maximum Gasteiger partial charge on any atom is 0.289 e. The molecule has 0 radical (unpaired) electrons. The second-order valence-electron chi connectivity index (χ2n) is 7.68. The number of hydrogen-bond donors (Lipinski definition) is 4. The number of aryl methyl sites for hydroxylation is 1. The van der Waals surface area contributed by atoms with Gasteiger partial charge in [0.05, 0.1) is 17.6 Å². The highest BCUT2D eigenvalue weighted by Gasteiger charge is 2.26. The first-order valence-electron chi connectivity index (χ1n) is 10.4. The molecule has 0 spiro atoms. The molecule has 1 saturated carbocycles. The number of carbonyl (C=O) groups is 1. The molecule has 0 bridgehead atoms. The Bertz CT molecular complexity index is 912. The zero-order chi connectivity index (χ0) is 21.5. The molecule has 1 aromatic heterocycles. The van der Waals surface area contributed by atoms with E-state index in [2.05, 4.69) is 25.6 Å². The highest BCUT2D eigenvalue weighted by Crippen LogP contribution is 2.28. The summed E-state index contributed by atoms with van der Waals surface area (Å²) in [5.41, 5.74) is 13.1. The van der Waals surface area contributed by atoms with Crippen molar-refractivity contribution in [1.29, 1.82) is 0 Å². The largest absolute Gasteiger partial charge is 0.385 e. The number of nitrogens with one attached hydrogen (secondary N) is 2. The minimum Gasteiger partial charge on any atom is -0.385 e. The van der Waals surface area contributed by atoms with Crippen molar-refractivity contribution in [2.75, 3.05) is 25.6 Å². The quantitative estimate of drug-likeness (QED) is 0.293. The van der Waals surface area contributed by atoms with E-state index in [4.69, 9.17) is 16.2 Å². The molecule has 1 heterocycles. The molecule has 3 rings (SSSR count). The van der Waals surface area contributed by atoms with Gasteiger partial charge in [-0.25, -0.2) is 15.0 Å². The molecular formula is C21H31N7O2. The number of methoxy groups -OCH3 is 1. The van der Waals surface area contributed by atoms with Crippen molar-refractivity contribution >= 4 is 28.6 Å². The monoisotopic (exact) mass is 413 g/mol. The van der Waals surface area contributed by atoms with E-state index in [1.165, 1.54) is 0 Å². The van der Waals surface area contributed by atoms with E-state index >= 15 is 0 Å². The molecule has 2 atom stereocenters. The fourth-order valence-electron chi connectivity index (χ4n) is 3.75. The second kappa shape index (κ2) is 10.2. The number of nitrogens with two attached hydrogens (primary N) is 2. The van der Waals surface area contributed by atoms with E-state index in [1.54, 1.807) is 7.11 Å². The van der Waals surface area contributed by atoms with Crippen molar-refractivity contribution in [3.05, 3.63) is 29.6 Å². The van der Waals surface area contributed by atoms with E-state index in [0.717, 1.165) is 43.1 Å². The summed E-state index contributed by atoms with van der Waals surface area (Å²) in [6.45, 7) is 3.10. The summed E-state index contributed by atoms with van der Waals surface area (Å²) in [6.07, 6.45) is 4.73. The molecule has 1 aliphatic rings. The number of anilines is 1. The van der Waals surface area contributed by atoms with Crippen LogP contribution in [0.15, 0.2) is 23.2 Å². The van der Waals surface area contributed by atoms with Crippen LogP contribution in [0, 0.1) is 6.92 Å². The highest BCUT2D eigenvalue weighted by atomic mass is 16.5. The Morgan fingerprint density at radius 3 is 2.83 bits per heavy atom. The minimum absolute atomic E-state index is 0.0232. The van der Waals surface area contributed by atoms with Crippen molar-refractivity contribution in [1.82, 2.24) is 15.3 Å². The first kappa shape index (κ1) is 21.8. The molecule has 1 fully saturated rings. The zero-order valence-corrected chi connectivity index (χ0v) is 17.6. The summed E-state index contributed by atoms with van der Waals surface area (Å²) < 4.78 is 5.02. The van der Waals surface area contributed by atoms with Gasteiger partial charge < -0.3 is 26.8 Å². The van der Waals surface area contributed by atoms with Crippen LogP contribution in [0.25, 0.3) is 10.9 Å². The fourth-order valence-corrected chi connectivity index (χ4v) is 3.75. The van der Waals surface area contributed by atoms with E-state index < -0.39 is 0 Å². The number of hydrogen-bond acceptors (Lipinski definition) is 6. The van der Waals surface area contributed by atoms with Crippen LogP contribution in [0.5, 0.6) is 0 Å². The lowest BCUT2D eigenvalue weighted by Crippen LogP contribution is -2.38. The van der Waals surface area contributed by atoms with E-state index in [1.807, 2.05) is 25.1 Å². The smallest absolute Gasteiger partial charge is 0.289 e. The lowest BCUT2D eigenvalue weighted by molar-refractivity contribution is 0.0938. The second-order valence-corrected chi connectivity index (χ2v) is 7.68. The SMILES string of the molecule is COCCCNC(=O)c1nc(N[C@H]2CCCC[C@H]2N=C(N)N)c2cc(C)ccc2n1. The van der Waals surface area contributed by atoms with Crippen LogP contribution in [-0.2, 0) is 4.74 Å². The van der Waals surface area contributed by atoms with Gasteiger partial charge in [-0.1, -0.05) is 24.5 Å². The van der Waals surface area contributed by atoms with Gasteiger partial charge >= 0.3 is 0 Å². The number of benzene rings is 1. The Balaban J connectivity index is 1.90. The molecule has 162 valence electrons. The first-order valence-corrected chi connectivity index (χ1v) is 10.4. The van der Waals surface area contributed by atoms with Gasteiger partial charge in [-0.15, -0.1) is 0 Å². The van der Waals surface area contributed by atoms with Crippen molar-refractivity contribution < 1.29 is 9.53 Å². The third-order valence-electron chi connectivity index (χ3n) is 5.23.